The lowest BCUT2D eigenvalue weighted by molar-refractivity contribution is 0.526. The van der Waals surface area contributed by atoms with Gasteiger partial charge in [-0.2, -0.15) is 0 Å². The zero-order valence-corrected chi connectivity index (χ0v) is 5.07. The summed E-state index contributed by atoms with van der Waals surface area (Å²) in [6.07, 6.45) is 2.48. The average Bonchev–Trinajstić information content (AvgIpc) is 2.18. The highest BCUT2D eigenvalue weighted by Crippen LogP contribution is 2.46. The minimum atomic E-state index is 0.512. The van der Waals surface area contributed by atoms with E-state index in [-0.39, 0.29) is 0 Å². The largest absolute Gasteiger partial charge is 0.327 e. The molecule has 0 aromatic carbocycles. The van der Waals surface area contributed by atoms with Gasteiger partial charge in [0.25, 0.3) is 0 Å². The number of hydrogen-bond donors (Lipinski definition) is 1. The van der Waals surface area contributed by atoms with Crippen molar-refractivity contribution in [1.82, 2.24) is 0 Å². The first-order chi connectivity index (χ1) is 3.19. The van der Waals surface area contributed by atoms with Gasteiger partial charge in [0.2, 0.25) is 0 Å². The Hall–Kier alpha value is -0.0400. The van der Waals surface area contributed by atoms with Gasteiger partial charge in [-0.3, -0.25) is 0 Å². The van der Waals surface area contributed by atoms with E-state index in [0.717, 1.165) is 0 Å². The third-order valence-corrected chi connectivity index (χ3v) is 2.23. The molecular formula is C6H13N. The molecule has 1 aliphatic carbocycles. The van der Waals surface area contributed by atoms with Gasteiger partial charge < -0.3 is 5.73 Å². The fourth-order valence-corrected chi connectivity index (χ4v) is 0.850. The summed E-state index contributed by atoms with van der Waals surface area (Å²) in [6.45, 7) is 4.45. The number of hydrogen-bond acceptors (Lipinski definition) is 1. The van der Waals surface area contributed by atoms with Crippen LogP contribution >= 0.6 is 0 Å². The Morgan fingerprint density at radius 1 is 1.86 bits per heavy atom. The molecule has 0 radical (unpaired) electrons. The number of rotatable bonds is 1. The van der Waals surface area contributed by atoms with Gasteiger partial charge in [-0.15, -0.1) is 0 Å². The van der Waals surface area contributed by atoms with Crippen LogP contribution in [0, 0.1) is 5.41 Å². The SMILES string of the molecule is CCC1(C)CC1N. The van der Waals surface area contributed by atoms with Crippen LogP contribution in [-0.2, 0) is 0 Å². The molecule has 2 atom stereocenters. The molecule has 2 N–H and O–H groups in total. The van der Waals surface area contributed by atoms with Gasteiger partial charge in [0.1, 0.15) is 0 Å². The lowest BCUT2D eigenvalue weighted by atomic mass is 10.1. The lowest BCUT2D eigenvalue weighted by Crippen LogP contribution is -2.08. The van der Waals surface area contributed by atoms with Gasteiger partial charge in [0.15, 0.2) is 0 Å². The van der Waals surface area contributed by atoms with Crippen LogP contribution in [0.3, 0.4) is 0 Å². The molecule has 1 aliphatic rings. The molecule has 0 aromatic heterocycles. The van der Waals surface area contributed by atoms with Gasteiger partial charge in [0.05, 0.1) is 0 Å². The van der Waals surface area contributed by atoms with Crippen molar-refractivity contribution in [3.8, 4) is 0 Å². The van der Waals surface area contributed by atoms with E-state index in [0.29, 0.717) is 11.5 Å². The molecule has 0 aliphatic heterocycles. The van der Waals surface area contributed by atoms with Crippen molar-refractivity contribution < 1.29 is 0 Å². The van der Waals surface area contributed by atoms with Gasteiger partial charge in [-0.05, 0) is 18.3 Å². The van der Waals surface area contributed by atoms with E-state index in [9.17, 15) is 0 Å². The minimum absolute atomic E-state index is 0.512. The Morgan fingerprint density at radius 2 is 2.29 bits per heavy atom. The van der Waals surface area contributed by atoms with Crippen LogP contribution < -0.4 is 5.73 Å². The first kappa shape index (κ1) is 5.10. The molecule has 1 heteroatoms. The summed E-state index contributed by atoms with van der Waals surface area (Å²) >= 11 is 0. The van der Waals surface area contributed by atoms with E-state index >= 15 is 0 Å². The quantitative estimate of drug-likeness (QED) is 0.524. The van der Waals surface area contributed by atoms with E-state index in [1.54, 1.807) is 0 Å². The molecule has 0 amide bonds. The predicted octanol–water partition coefficient (Wildman–Crippen LogP) is 1.13. The summed E-state index contributed by atoms with van der Waals surface area (Å²) in [4.78, 5) is 0. The van der Waals surface area contributed by atoms with Crippen molar-refractivity contribution in [3.05, 3.63) is 0 Å². The lowest BCUT2D eigenvalue weighted by Gasteiger charge is -2.00. The maximum absolute atomic E-state index is 5.61. The molecule has 2 unspecified atom stereocenters. The van der Waals surface area contributed by atoms with Gasteiger partial charge in [-0.1, -0.05) is 13.8 Å². The van der Waals surface area contributed by atoms with E-state index in [1.807, 2.05) is 0 Å². The van der Waals surface area contributed by atoms with Crippen molar-refractivity contribution in [1.29, 1.82) is 0 Å². The predicted molar refractivity (Wildman–Crippen MR) is 31.0 cm³/mol. The highest BCUT2D eigenvalue weighted by molar-refractivity contribution is 5.01. The molecule has 1 nitrogen and oxygen atoms in total. The minimum Gasteiger partial charge on any atom is -0.327 e. The Labute approximate surface area is 44.9 Å². The highest BCUT2D eigenvalue weighted by atomic mass is 14.8. The molecular weight excluding hydrogens is 86.1 g/mol. The van der Waals surface area contributed by atoms with Crippen LogP contribution in [0.4, 0.5) is 0 Å². The maximum Gasteiger partial charge on any atom is 0.00991 e. The van der Waals surface area contributed by atoms with E-state index in [4.69, 9.17) is 5.73 Å². The normalized spacial score (nSPS) is 49.3. The Morgan fingerprint density at radius 3 is 2.29 bits per heavy atom. The van der Waals surface area contributed by atoms with Crippen molar-refractivity contribution >= 4 is 0 Å². The standard InChI is InChI=1S/C6H13N/c1-3-6(2)4-5(6)7/h5H,3-4,7H2,1-2H3. The third kappa shape index (κ3) is 0.653. The maximum atomic E-state index is 5.61. The van der Waals surface area contributed by atoms with Crippen LogP contribution in [0.25, 0.3) is 0 Å². The summed E-state index contributed by atoms with van der Waals surface area (Å²) in [6, 6.07) is 0.512. The second-order valence-corrected chi connectivity index (χ2v) is 2.82. The summed E-state index contributed by atoms with van der Waals surface area (Å²) in [5, 5.41) is 0. The fourth-order valence-electron chi connectivity index (χ4n) is 0.850. The van der Waals surface area contributed by atoms with Crippen LogP contribution in [0.15, 0.2) is 0 Å². The molecule has 7 heavy (non-hydrogen) atoms. The van der Waals surface area contributed by atoms with E-state index in [2.05, 4.69) is 13.8 Å². The van der Waals surface area contributed by atoms with Crippen LogP contribution in [0.1, 0.15) is 26.7 Å². The average molecular weight is 99.2 g/mol. The first-order valence-corrected chi connectivity index (χ1v) is 2.94. The molecule has 0 spiro atoms. The molecule has 0 bridgehead atoms. The third-order valence-electron chi connectivity index (χ3n) is 2.23. The summed E-state index contributed by atoms with van der Waals surface area (Å²) in [5.41, 5.74) is 6.14. The molecule has 1 saturated carbocycles. The van der Waals surface area contributed by atoms with Gasteiger partial charge in [0, 0.05) is 6.04 Å². The first-order valence-electron chi connectivity index (χ1n) is 2.94. The van der Waals surface area contributed by atoms with Crippen LogP contribution in [-0.4, -0.2) is 6.04 Å². The van der Waals surface area contributed by atoms with Crippen LogP contribution in [0.5, 0.6) is 0 Å². The topological polar surface area (TPSA) is 26.0 Å². The Bertz CT molecular complexity index is 76.2. The Balaban J connectivity index is 2.36. The second kappa shape index (κ2) is 1.22. The smallest absolute Gasteiger partial charge is 0.00991 e. The number of nitrogens with two attached hydrogens (primary N) is 1. The van der Waals surface area contributed by atoms with Crippen molar-refractivity contribution in [2.24, 2.45) is 11.1 Å². The second-order valence-electron chi connectivity index (χ2n) is 2.82. The van der Waals surface area contributed by atoms with Crippen molar-refractivity contribution in [2.75, 3.05) is 0 Å². The van der Waals surface area contributed by atoms with E-state index in [1.165, 1.54) is 12.8 Å². The summed E-state index contributed by atoms with van der Waals surface area (Å²) < 4.78 is 0. The molecule has 0 heterocycles. The van der Waals surface area contributed by atoms with Crippen molar-refractivity contribution in [2.45, 2.75) is 32.7 Å². The van der Waals surface area contributed by atoms with Crippen LogP contribution in [0.2, 0.25) is 0 Å². The van der Waals surface area contributed by atoms with Gasteiger partial charge in [-0.25, -0.2) is 0 Å². The zero-order chi connectivity index (χ0) is 5.49. The molecule has 1 rings (SSSR count). The summed E-state index contributed by atoms with van der Waals surface area (Å²) in [5.74, 6) is 0. The summed E-state index contributed by atoms with van der Waals surface area (Å²) in [7, 11) is 0. The fraction of sp³-hybridized carbons (Fsp3) is 1.00. The monoisotopic (exact) mass is 99.1 g/mol. The van der Waals surface area contributed by atoms with Crippen molar-refractivity contribution in [3.63, 3.8) is 0 Å². The molecule has 42 valence electrons. The Kier molecular flexibility index (Phi) is 0.890. The molecule has 0 aromatic rings. The molecule has 1 fully saturated rings. The van der Waals surface area contributed by atoms with E-state index < -0.39 is 0 Å². The highest BCUT2D eigenvalue weighted by Gasteiger charge is 2.45. The zero-order valence-electron chi connectivity index (χ0n) is 5.07. The van der Waals surface area contributed by atoms with Gasteiger partial charge >= 0.3 is 0 Å². The molecule has 0 saturated heterocycles.